The van der Waals surface area contributed by atoms with Crippen LogP contribution in [0.2, 0.25) is 0 Å². The van der Waals surface area contributed by atoms with E-state index in [4.69, 9.17) is 0 Å². The Bertz CT molecular complexity index is 917. The second-order valence-corrected chi connectivity index (χ2v) is 7.52. The number of carbonyl (C=O) groups excluding carboxylic acids is 3. The third-order valence-corrected chi connectivity index (χ3v) is 5.63. The Kier molecular flexibility index (Phi) is 7.28. The molecule has 2 aliphatic heterocycles. The van der Waals surface area contributed by atoms with Gasteiger partial charge < -0.3 is 20.4 Å². The van der Waals surface area contributed by atoms with Crippen LogP contribution in [-0.4, -0.2) is 83.0 Å². The van der Waals surface area contributed by atoms with Crippen molar-refractivity contribution in [3.63, 3.8) is 0 Å². The van der Waals surface area contributed by atoms with Gasteiger partial charge in [-0.25, -0.2) is 0 Å². The number of para-hydroxylation sites is 1. The summed E-state index contributed by atoms with van der Waals surface area (Å²) in [5.41, 5.74) is 1.14. The number of hydrogen-bond acceptors (Lipinski definition) is 5. The minimum absolute atomic E-state index is 0. The number of hydrogen-bond donors (Lipinski definition) is 3. The van der Waals surface area contributed by atoms with Gasteiger partial charge in [-0.15, -0.1) is 12.4 Å². The maximum atomic E-state index is 12.6. The third kappa shape index (κ3) is 4.73. The van der Waals surface area contributed by atoms with E-state index in [-0.39, 0.29) is 49.1 Å². The molecule has 3 N–H and O–H groups in total. The first-order valence-electron chi connectivity index (χ1n) is 10.1. The standard InChI is InChI=1S/C20H26N6O3.ClH/c27-17(25-10-3-4-14(13-25)26-11-9-21-12-18(26)28)7-8-22-20(29)19-15-5-1-2-6-16(15)23-24-19;/h1-2,5-6,14,21H,3-4,7-13H2,(H,22,29)(H,23,24);1H. The second kappa shape index (κ2) is 9.90. The molecule has 1 aromatic carbocycles. The molecule has 0 saturated carbocycles. The maximum absolute atomic E-state index is 12.6. The Hall–Kier alpha value is -2.65. The van der Waals surface area contributed by atoms with Crippen molar-refractivity contribution >= 4 is 41.0 Å². The van der Waals surface area contributed by atoms with E-state index in [1.807, 2.05) is 34.1 Å². The molecule has 2 saturated heterocycles. The van der Waals surface area contributed by atoms with Crippen molar-refractivity contribution in [3.8, 4) is 0 Å². The van der Waals surface area contributed by atoms with Crippen LogP contribution in [0.1, 0.15) is 29.8 Å². The molecule has 3 amide bonds. The zero-order valence-corrected chi connectivity index (χ0v) is 17.5. The zero-order chi connectivity index (χ0) is 20.2. The number of nitrogens with zero attached hydrogens (tertiary/aromatic N) is 3. The molecule has 1 atom stereocenters. The molecule has 2 aromatic rings. The van der Waals surface area contributed by atoms with E-state index in [0.717, 1.165) is 30.3 Å². The third-order valence-electron chi connectivity index (χ3n) is 5.63. The Balaban J connectivity index is 0.00000256. The Morgan fingerprint density at radius 3 is 2.90 bits per heavy atom. The highest BCUT2D eigenvalue weighted by Crippen LogP contribution is 2.18. The molecule has 2 fully saturated rings. The van der Waals surface area contributed by atoms with Gasteiger partial charge >= 0.3 is 0 Å². The van der Waals surface area contributed by atoms with E-state index >= 15 is 0 Å². The van der Waals surface area contributed by atoms with Crippen molar-refractivity contribution in [1.29, 1.82) is 0 Å². The highest BCUT2D eigenvalue weighted by Gasteiger charge is 2.31. The molecule has 0 radical (unpaired) electrons. The minimum atomic E-state index is -0.293. The fourth-order valence-electron chi connectivity index (χ4n) is 4.10. The summed E-state index contributed by atoms with van der Waals surface area (Å²) in [5.74, 6) is -0.184. The summed E-state index contributed by atoms with van der Waals surface area (Å²) in [4.78, 5) is 40.9. The van der Waals surface area contributed by atoms with Crippen LogP contribution in [0.5, 0.6) is 0 Å². The van der Waals surface area contributed by atoms with Crippen LogP contribution in [-0.2, 0) is 9.59 Å². The molecule has 9 nitrogen and oxygen atoms in total. The van der Waals surface area contributed by atoms with Crippen molar-refractivity contribution in [1.82, 2.24) is 30.6 Å². The number of H-pyrrole nitrogens is 1. The molecule has 1 aromatic heterocycles. The average Bonchev–Trinajstić information content (AvgIpc) is 3.18. The van der Waals surface area contributed by atoms with E-state index in [2.05, 4.69) is 20.8 Å². The summed E-state index contributed by atoms with van der Waals surface area (Å²) in [6.07, 6.45) is 2.05. The van der Waals surface area contributed by atoms with E-state index in [1.165, 1.54) is 0 Å². The molecule has 30 heavy (non-hydrogen) atoms. The molecule has 0 spiro atoms. The second-order valence-electron chi connectivity index (χ2n) is 7.52. The van der Waals surface area contributed by atoms with Gasteiger partial charge in [-0.05, 0) is 18.9 Å². The number of benzene rings is 1. The number of nitrogens with one attached hydrogen (secondary N) is 3. The van der Waals surface area contributed by atoms with Crippen LogP contribution in [0.15, 0.2) is 24.3 Å². The summed E-state index contributed by atoms with van der Waals surface area (Å²) in [7, 11) is 0. The lowest BCUT2D eigenvalue weighted by atomic mass is 10.0. The number of likely N-dealkylation sites (tertiary alicyclic amines) is 1. The summed E-state index contributed by atoms with van der Waals surface area (Å²) in [6, 6.07) is 7.52. The van der Waals surface area contributed by atoms with Gasteiger partial charge in [-0.1, -0.05) is 18.2 Å². The predicted octanol–water partition coefficient (Wildman–Crippen LogP) is 0.527. The van der Waals surface area contributed by atoms with Gasteiger partial charge in [0.25, 0.3) is 5.91 Å². The van der Waals surface area contributed by atoms with Crippen molar-refractivity contribution < 1.29 is 14.4 Å². The van der Waals surface area contributed by atoms with Crippen LogP contribution in [0.3, 0.4) is 0 Å². The molecule has 0 bridgehead atoms. The topological polar surface area (TPSA) is 110 Å². The van der Waals surface area contributed by atoms with Gasteiger partial charge in [0.1, 0.15) is 0 Å². The van der Waals surface area contributed by atoms with Crippen LogP contribution < -0.4 is 10.6 Å². The normalized spacial score (nSPS) is 19.5. The number of carbonyl (C=O) groups is 3. The minimum Gasteiger partial charge on any atom is -0.350 e. The van der Waals surface area contributed by atoms with Gasteiger partial charge in [0, 0.05) is 50.6 Å². The zero-order valence-electron chi connectivity index (χ0n) is 16.7. The lowest BCUT2D eigenvalue weighted by molar-refractivity contribution is -0.140. The van der Waals surface area contributed by atoms with E-state index < -0.39 is 0 Å². The van der Waals surface area contributed by atoms with Crippen LogP contribution in [0.4, 0.5) is 0 Å². The SMILES string of the molecule is Cl.O=C(NCCC(=O)N1CCCC(N2CCNCC2=O)C1)c1n[nH]c2ccccc12. The van der Waals surface area contributed by atoms with Gasteiger partial charge in [-0.2, -0.15) is 5.10 Å². The first kappa shape index (κ1) is 22.0. The Morgan fingerprint density at radius 2 is 2.07 bits per heavy atom. The quantitative estimate of drug-likeness (QED) is 0.635. The molecular weight excluding hydrogens is 408 g/mol. The number of fused-ring (bicyclic) bond motifs is 1. The number of aromatic nitrogens is 2. The highest BCUT2D eigenvalue weighted by atomic mass is 35.5. The number of rotatable bonds is 5. The average molecular weight is 435 g/mol. The smallest absolute Gasteiger partial charge is 0.272 e. The van der Waals surface area contributed by atoms with Gasteiger partial charge in [0.15, 0.2) is 5.69 Å². The number of halogens is 1. The molecule has 3 heterocycles. The molecule has 162 valence electrons. The lowest BCUT2D eigenvalue weighted by Crippen LogP contribution is -2.57. The van der Waals surface area contributed by atoms with Crippen LogP contribution >= 0.6 is 12.4 Å². The van der Waals surface area contributed by atoms with Gasteiger partial charge in [-0.3, -0.25) is 19.5 Å². The molecule has 2 aliphatic rings. The summed E-state index contributed by atoms with van der Waals surface area (Å²) >= 11 is 0. The summed E-state index contributed by atoms with van der Waals surface area (Å²) in [5, 5.41) is 13.5. The fourth-order valence-corrected chi connectivity index (χ4v) is 4.10. The van der Waals surface area contributed by atoms with Crippen molar-refractivity contribution in [2.24, 2.45) is 0 Å². The van der Waals surface area contributed by atoms with E-state index in [1.54, 1.807) is 0 Å². The molecule has 4 rings (SSSR count). The van der Waals surface area contributed by atoms with E-state index in [0.29, 0.717) is 31.9 Å². The highest BCUT2D eigenvalue weighted by molar-refractivity contribution is 6.04. The molecular formula is C20H27ClN6O3. The summed E-state index contributed by atoms with van der Waals surface area (Å²) < 4.78 is 0. The number of piperidine rings is 1. The Labute approximate surface area is 180 Å². The Morgan fingerprint density at radius 1 is 1.23 bits per heavy atom. The van der Waals surface area contributed by atoms with Crippen molar-refractivity contribution in [3.05, 3.63) is 30.0 Å². The fraction of sp³-hybridized carbons (Fsp3) is 0.500. The summed E-state index contributed by atoms with van der Waals surface area (Å²) in [6.45, 7) is 3.39. The van der Waals surface area contributed by atoms with Gasteiger partial charge in [0.2, 0.25) is 11.8 Å². The maximum Gasteiger partial charge on any atom is 0.272 e. The monoisotopic (exact) mass is 434 g/mol. The van der Waals surface area contributed by atoms with Crippen LogP contribution in [0.25, 0.3) is 10.9 Å². The molecule has 1 unspecified atom stereocenters. The first-order valence-corrected chi connectivity index (χ1v) is 10.1. The van der Waals surface area contributed by atoms with Crippen molar-refractivity contribution in [2.45, 2.75) is 25.3 Å². The number of amides is 3. The first-order chi connectivity index (χ1) is 14.1. The molecule has 0 aliphatic carbocycles. The lowest BCUT2D eigenvalue weighted by Gasteiger charge is -2.41. The predicted molar refractivity (Wildman–Crippen MR) is 114 cm³/mol. The largest absolute Gasteiger partial charge is 0.350 e. The number of aromatic amines is 1. The van der Waals surface area contributed by atoms with Gasteiger partial charge in [0.05, 0.1) is 12.1 Å². The van der Waals surface area contributed by atoms with Crippen LogP contribution in [0, 0.1) is 0 Å². The van der Waals surface area contributed by atoms with E-state index in [9.17, 15) is 14.4 Å². The van der Waals surface area contributed by atoms with Crippen molar-refractivity contribution in [2.75, 3.05) is 39.3 Å². The number of piperazine rings is 1. The molecule has 10 heteroatoms.